The highest BCUT2D eigenvalue weighted by atomic mass is 19.1. The third-order valence-electron chi connectivity index (χ3n) is 5.19. The number of rotatable bonds is 4. The number of hydrogen-bond acceptors (Lipinski definition) is 4. The Morgan fingerprint density at radius 3 is 2.86 bits per heavy atom. The van der Waals surface area contributed by atoms with Crippen molar-refractivity contribution in [1.29, 1.82) is 0 Å². The van der Waals surface area contributed by atoms with E-state index in [4.69, 9.17) is 0 Å². The fourth-order valence-corrected chi connectivity index (χ4v) is 3.62. The van der Waals surface area contributed by atoms with Crippen LogP contribution in [0, 0.1) is 11.7 Å². The predicted octanol–water partition coefficient (Wildman–Crippen LogP) is 3.38. The van der Waals surface area contributed by atoms with Crippen molar-refractivity contribution in [2.45, 2.75) is 12.6 Å². The van der Waals surface area contributed by atoms with E-state index >= 15 is 0 Å². The summed E-state index contributed by atoms with van der Waals surface area (Å²) >= 11 is 0. The van der Waals surface area contributed by atoms with Crippen LogP contribution < -0.4 is 10.2 Å². The summed E-state index contributed by atoms with van der Waals surface area (Å²) in [6, 6.07) is 6.87. The highest BCUT2D eigenvalue weighted by Gasteiger charge is 2.43. The highest BCUT2D eigenvalue weighted by molar-refractivity contribution is 6.02. The molecule has 1 aromatic carbocycles. The van der Waals surface area contributed by atoms with E-state index in [1.54, 1.807) is 42.0 Å². The Morgan fingerprint density at radius 2 is 2.14 bits per heavy atom. The predicted molar refractivity (Wildman–Crippen MR) is 106 cm³/mol. The van der Waals surface area contributed by atoms with Crippen molar-refractivity contribution in [3.63, 3.8) is 0 Å². The molecular weight excluding hydrogens is 378 g/mol. The molecule has 3 heterocycles. The van der Waals surface area contributed by atoms with Gasteiger partial charge >= 0.3 is 0 Å². The second-order valence-corrected chi connectivity index (χ2v) is 7.47. The lowest BCUT2D eigenvalue weighted by molar-refractivity contribution is -0.117. The fraction of sp³-hybridized carbons (Fsp3) is 0.250. The molecule has 2 N–H and O–H groups in total. The van der Waals surface area contributed by atoms with E-state index in [0.29, 0.717) is 22.6 Å². The summed E-state index contributed by atoms with van der Waals surface area (Å²) in [5.41, 5.74) is 3.28. The quantitative estimate of drug-likeness (QED) is 0.554. The molecule has 29 heavy (non-hydrogen) atoms. The summed E-state index contributed by atoms with van der Waals surface area (Å²) in [7, 11) is 3.55. The molecule has 0 saturated heterocycles. The smallest absolute Gasteiger partial charge is 0.231 e. The molecule has 0 spiro atoms. The average molecular weight is 396 g/mol. The number of carbonyl (C=O) groups is 1. The minimum Gasteiger partial charge on any atom is -0.374 e. The summed E-state index contributed by atoms with van der Waals surface area (Å²) in [4.78, 5) is 13.6. The number of aromatic nitrogens is 4. The van der Waals surface area contributed by atoms with Gasteiger partial charge in [-0.25, -0.2) is 13.3 Å². The van der Waals surface area contributed by atoms with E-state index < -0.39 is 12.1 Å². The summed E-state index contributed by atoms with van der Waals surface area (Å²) in [5, 5.41) is 14.7. The van der Waals surface area contributed by atoms with Gasteiger partial charge < -0.3 is 10.2 Å². The molecule has 4 aromatic rings. The van der Waals surface area contributed by atoms with E-state index in [1.807, 2.05) is 12.1 Å². The van der Waals surface area contributed by atoms with Gasteiger partial charge in [-0.2, -0.15) is 10.2 Å². The van der Waals surface area contributed by atoms with Gasteiger partial charge in [-0.1, -0.05) is 0 Å². The van der Waals surface area contributed by atoms with Gasteiger partial charge in [-0.15, -0.1) is 0 Å². The number of halogens is 2. The van der Waals surface area contributed by atoms with Gasteiger partial charge in [-0.05, 0) is 35.7 Å². The lowest BCUT2D eigenvalue weighted by atomic mass is 10.0. The van der Waals surface area contributed by atoms with Crippen LogP contribution in [0.4, 0.5) is 20.3 Å². The van der Waals surface area contributed by atoms with Gasteiger partial charge in [0.25, 0.3) is 0 Å². The number of amides is 1. The summed E-state index contributed by atoms with van der Waals surface area (Å²) in [6.07, 6.45) is 2.61. The largest absolute Gasteiger partial charge is 0.374 e. The summed E-state index contributed by atoms with van der Waals surface area (Å²) < 4.78 is 29.4. The second-order valence-electron chi connectivity index (χ2n) is 7.47. The topological polar surface area (TPSA) is 78.3 Å². The van der Waals surface area contributed by atoms with Crippen LogP contribution in [0.15, 0.2) is 36.7 Å². The van der Waals surface area contributed by atoms with Gasteiger partial charge in [-0.3, -0.25) is 9.89 Å². The molecule has 1 saturated carbocycles. The summed E-state index contributed by atoms with van der Waals surface area (Å²) in [6.45, 7) is 0. The Kier molecular flexibility index (Phi) is 3.80. The molecule has 5 rings (SSSR count). The van der Waals surface area contributed by atoms with Crippen molar-refractivity contribution < 1.29 is 13.6 Å². The first kappa shape index (κ1) is 17.6. The number of aromatic amines is 1. The monoisotopic (exact) mass is 396 g/mol. The molecule has 2 atom stereocenters. The van der Waals surface area contributed by atoms with Crippen molar-refractivity contribution in [1.82, 2.24) is 19.8 Å². The van der Waals surface area contributed by atoms with Crippen molar-refractivity contribution in [2.24, 2.45) is 5.92 Å². The van der Waals surface area contributed by atoms with Crippen LogP contribution in [0.3, 0.4) is 0 Å². The fourth-order valence-electron chi connectivity index (χ4n) is 3.62. The third-order valence-corrected chi connectivity index (χ3v) is 5.19. The van der Waals surface area contributed by atoms with Crippen LogP contribution in [0.2, 0.25) is 0 Å². The van der Waals surface area contributed by atoms with E-state index in [9.17, 15) is 13.6 Å². The van der Waals surface area contributed by atoms with Crippen molar-refractivity contribution in [3.8, 4) is 11.1 Å². The van der Waals surface area contributed by atoms with Crippen molar-refractivity contribution in [2.75, 3.05) is 24.3 Å². The molecule has 1 fully saturated rings. The number of anilines is 2. The number of hydrogen-bond donors (Lipinski definition) is 2. The zero-order chi connectivity index (χ0) is 20.3. The Labute approximate surface area is 164 Å². The molecule has 0 radical (unpaired) electrons. The van der Waals surface area contributed by atoms with E-state index in [-0.39, 0.29) is 18.1 Å². The number of H-pyrrole nitrogens is 1. The molecule has 148 valence electrons. The van der Waals surface area contributed by atoms with Crippen LogP contribution in [0.5, 0.6) is 0 Å². The Hall–Kier alpha value is -3.49. The molecule has 0 aliphatic heterocycles. The SMILES string of the molecule is CN(C)c1c(F)cc(-c2ccn3nc(NC(=O)[C@@H]4C[C@@H]4F)cc3c2)c2cn[nH]c12. The van der Waals surface area contributed by atoms with E-state index in [2.05, 4.69) is 20.6 Å². The number of benzene rings is 1. The maximum absolute atomic E-state index is 14.8. The number of nitrogens with one attached hydrogen (secondary N) is 2. The first-order valence-electron chi connectivity index (χ1n) is 9.20. The van der Waals surface area contributed by atoms with Crippen LogP contribution in [0.1, 0.15) is 6.42 Å². The zero-order valence-corrected chi connectivity index (χ0v) is 15.8. The molecule has 7 nitrogen and oxygen atoms in total. The van der Waals surface area contributed by atoms with E-state index in [1.165, 1.54) is 6.07 Å². The van der Waals surface area contributed by atoms with Gasteiger partial charge in [0.15, 0.2) is 5.82 Å². The number of nitrogens with zero attached hydrogens (tertiary/aromatic N) is 4. The average Bonchev–Trinajstić information content (AvgIpc) is 3.05. The second kappa shape index (κ2) is 6.26. The lowest BCUT2D eigenvalue weighted by Gasteiger charge is -2.16. The lowest BCUT2D eigenvalue weighted by Crippen LogP contribution is -2.15. The van der Waals surface area contributed by atoms with Crippen molar-refractivity contribution in [3.05, 3.63) is 42.5 Å². The number of fused-ring (bicyclic) bond motifs is 2. The van der Waals surface area contributed by atoms with Crippen LogP contribution in [-0.4, -0.2) is 46.0 Å². The molecule has 3 aromatic heterocycles. The number of alkyl halides is 1. The van der Waals surface area contributed by atoms with Crippen LogP contribution in [-0.2, 0) is 4.79 Å². The summed E-state index contributed by atoms with van der Waals surface area (Å²) in [5.74, 6) is -0.937. The minimum atomic E-state index is -1.06. The molecule has 1 amide bonds. The van der Waals surface area contributed by atoms with Gasteiger partial charge in [0.1, 0.15) is 12.0 Å². The Bertz CT molecular complexity index is 1260. The Morgan fingerprint density at radius 1 is 1.34 bits per heavy atom. The first-order valence-corrected chi connectivity index (χ1v) is 9.20. The van der Waals surface area contributed by atoms with Crippen molar-refractivity contribution >= 4 is 33.8 Å². The number of pyridine rings is 1. The van der Waals surface area contributed by atoms with Crippen LogP contribution >= 0.6 is 0 Å². The van der Waals surface area contributed by atoms with Gasteiger partial charge in [0.05, 0.1) is 28.8 Å². The Balaban J connectivity index is 1.55. The first-order chi connectivity index (χ1) is 13.9. The number of carbonyl (C=O) groups excluding carboxylic acids is 1. The maximum Gasteiger partial charge on any atom is 0.231 e. The van der Waals surface area contributed by atoms with Gasteiger partial charge in [0.2, 0.25) is 5.91 Å². The van der Waals surface area contributed by atoms with Gasteiger partial charge in [0, 0.05) is 31.7 Å². The molecular formula is C20H18F2N6O. The van der Waals surface area contributed by atoms with Crippen LogP contribution in [0.25, 0.3) is 27.5 Å². The highest BCUT2D eigenvalue weighted by Crippen LogP contribution is 2.36. The zero-order valence-electron chi connectivity index (χ0n) is 15.8. The molecule has 9 heteroatoms. The maximum atomic E-state index is 14.8. The van der Waals surface area contributed by atoms with E-state index in [0.717, 1.165) is 16.5 Å². The molecule has 1 aliphatic rings. The third kappa shape index (κ3) is 2.89. The molecule has 1 aliphatic carbocycles. The molecule has 0 bridgehead atoms. The standard InChI is InChI=1S/C20H18F2N6O/c1-27(2)19-16(22)7-12(14-9-23-25-18(14)19)10-3-4-28-11(5-10)6-17(26-28)24-20(29)13-8-15(13)21/h3-7,9,13,15H,8H2,1-2H3,(H,23,25)(H,24,26,29)/t13-,15+/m1/s1. The molecule has 0 unspecified atom stereocenters. The normalized spacial score (nSPS) is 18.3. The minimum absolute atomic E-state index is 0.262.